The van der Waals surface area contributed by atoms with Gasteiger partial charge in [-0.2, -0.15) is 9.13 Å². The molecule has 68 heavy (non-hydrogen) atoms. The minimum absolute atomic E-state index is 0.0740. The Bertz CT molecular complexity index is 2670. The van der Waals surface area contributed by atoms with Crippen molar-refractivity contribution in [3.63, 3.8) is 0 Å². The summed E-state index contributed by atoms with van der Waals surface area (Å²) in [6.45, 7) is 9.62. The Morgan fingerprint density at radius 2 is 0.985 bits per heavy atom. The van der Waals surface area contributed by atoms with Gasteiger partial charge in [-0.25, -0.2) is 0 Å². The first-order valence-electron chi connectivity index (χ1n) is 23.0. The van der Waals surface area contributed by atoms with Gasteiger partial charge in [-0.3, -0.25) is 9.59 Å². The van der Waals surface area contributed by atoms with E-state index in [4.69, 9.17) is 9.47 Å². The van der Waals surface area contributed by atoms with Crippen molar-refractivity contribution in [3.05, 3.63) is 141 Å². The second-order valence-electron chi connectivity index (χ2n) is 17.4. The fourth-order valence-electron chi connectivity index (χ4n) is 8.64. The number of methoxy groups -OCH3 is 2. The average Bonchev–Trinajstić information content (AvgIpc) is 3.33. The number of benzene rings is 2. The Labute approximate surface area is 398 Å². The smallest absolute Gasteiger partial charge is 0.323 e. The molecule has 6 aromatic rings. The van der Waals surface area contributed by atoms with Gasteiger partial charge in [-0.1, -0.05) is 51.0 Å². The Morgan fingerprint density at radius 1 is 0.603 bits per heavy atom. The van der Waals surface area contributed by atoms with Crippen molar-refractivity contribution in [2.45, 2.75) is 72.4 Å². The maximum absolute atomic E-state index is 14.0. The van der Waals surface area contributed by atoms with Crippen LogP contribution in [0.3, 0.4) is 0 Å². The van der Waals surface area contributed by atoms with Crippen LogP contribution in [0, 0.1) is 19.8 Å². The van der Waals surface area contributed by atoms with Crippen LogP contribution in [-0.2, 0) is 13.1 Å². The van der Waals surface area contributed by atoms with Crippen LogP contribution >= 0.6 is 0 Å². The molecule has 4 aromatic heterocycles. The lowest BCUT2D eigenvalue weighted by atomic mass is 9.78. The minimum Gasteiger partial charge on any atom is -0.858 e. The molecule has 0 radical (unpaired) electrons. The largest absolute Gasteiger partial charge is 0.858 e. The number of aromatic nitrogens is 4. The summed E-state index contributed by atoms with van der Waals surface area (Å²) in [7, 11) is 10.9. The van der Waals surface area contributed by atoms with Crippen LogP contribution < -0.4 is 39.9 Å². The number of hydrogen-bond donors (Lipinski definition) is 0. The number of nitrogens with zero attached hydrogens (tertiary/aromatic N) is 10. The van der Waals surface area contributed by atoms with Gasteiger partial charge < -0.3 is 38.6 Å². The molecule has 0 aliphatic heterocycles. The molecule has 0 atom stereocenters. The first-order valence-corrected chi connectivity index (χ1v) is 23.0. The van der Waals surface area contributed by atoms with Crippen molar-refractivity contribution >= 4 is 22.7 Å². The molecule has 16 heteroatoms. The number of rotatable bonds is 21. The maximum Gasteiger partial charge on any atom is 0.323 e. The molecule has 0 saturated heterocycles. The Balaban J connectivity index is 1.38. The van der Waals surface area contributed by atoms with Gasteiger partial charge in [0, 0.05) is 43.3 Å². The van der Waals surface area contributed by atoms with Gasteiger partial charge in [-0.05, 0) is 121 Å². The monoisotopic (exact) mass is 925 g/mol. The van der Waals surface area contributed by atoms with E-state index in [-0.39, 0.29) is 47.4 Å². The van der Waals surface area contributed by atoms with E-state index in [9.17, 15) is 19.8 Å². The van der Waals surface area contributed by atoms with Gasteiger partial charge in [0.2, 0.25) is 0 Å². The summed E-state index contributed by atoms with van der Waals surface area (Å²) >= 11 is 0. The number of pyridine rings is 4. The Morgan fingerprint density at radius 3 is 1.32 bits per heavy atom. The molecule has 6 rings (SSSR count). The van der Waals surface area contributed by atoms with E-state index < -0.39 is 11.8 Å². The zero-order valence-electron chi connectivity index (χ0n) is 41.0. The number of azo groups is 2. The lowest BCUT2D eigenvalue weighted by Gasteiger charge is -2.27. The summed E-state index contributed by atoms with van der Waals surface area (Å²) in [5.74, 6) is 0.0169. The van der Waals surface area contributed by atoms with Crippen LogP contribution in [0.2, 0.25) is 0 Å². The van der Waals surface area contributed by atoms with Gasteiger partial charge in [0.1, 0.15) is 34.2 Å². The van der Waals surface area contributed by atoms with Gasteiger partial charge in [0.25, 0.3) is 11.4 Å². The van der Waals surface area contributed by atoms with Crippen molar-refractivity contribution < 1.29 is 28.8 Å². The highest BCUT2D eigenvalue weighted by Gasteiger charge is 2.27. The van der Waals surface area contributed by atoms with Gasteiger partial charge in [0.05, 0.1) is 25.3 Å². The summed E-state index contributed by atoms with van der Waals surface area (Å²) in [4.78, 5) is 31.7. The lowest BCUT2D eigenvalue weighted by molar-refractivity contribution is -0.597. The third kappa shape index (κ3) is 11.2. The summed E-state index contributed by atoms with van der Waals surface area (Å²) < 4.78 is 17.8. The van der Waals surface area contributed by atoms with Crippen molar-refractivity contribution in [3.8, 4) is 34.6 Å². The van der Waals surface area contributed by atoms with Crippen molar-refractivity contribution in [2.75, 3.05) is 55.5 Å². The normalized spacial score (nSPS) is 12.3. The van der Waals surface area contributed by atoms with Crippen molar-refractivity contribution in [2.24, 2.45) is 26.4 Å². The van der Waals surface area contributed by atoms with E-state index in [1.807, 2.05) is 111 Å². The van der Waals surface area contributed by atoms with Crippen LogP contribution in [0.25, 0.3) is 11.4 Å². The van der Waals surface area contributed by atoms with Crippen LogP contribution in [0.15, 0.2) is 128 Å². The predicted octanol–water partition coefficient (Wildman–Crippen LogP) is 7.65. The molecule has 358 valence electrons. The highest BCUT2D eigenvalue weighted by molar-refractivity contribution is 5.62. The minimum atomic E-state index is -0.504. The number of ether oxygens (including phenoxy) is 2. The third-order valence-electron chi connectivity index (χ3n) is 12.3. The zero-order chi connectivity index (χ0) is 49.1. The van der Waals surface area contributed by atoms with Crippen LogP contribution in [0.1, 0.15) is 67.7 Å². The molecule has 0 spiro atoms. The average molecular weight is 925 g/mol. The fraction of sp³-hybridized carbons (Fsp3) is 0.385. The second kappa shape index (κ2) is 23.1. The standard InChI is InChI=1S/C52H64N10O6/c1-11-37(12-2)44(38-21-23-40(42(33-38)67-9)53-55-45-35(3)47(59-27-15-13-16-28-59)51(65)61(49(45)63)31-19-25-57(5)6)39-22-24-41(43(34-39)68-10)54-56-46-36(4)48(60-29-17-14-18-30-60)52(66)62(50(46)64)32-20-26-58(7)8/h13-18,21-24,27-30,33-34,37,44H,11-12,19-20,25-26,31-32H2,1-10H3. The Kier molecular flexibility index (Phi) is 17.1. The SMILES string of the molecule is CCC(CC)C(c1ccc(N=Nc2c(C)c(-[n+]3ccccc3)c(=O)n(CCCN(C)C)c2[O-])c(OC)c1)c1ccc(N=Nc2c(C)c(-[n+]3ccccc3)c(=O)n(CCCN(C)C)c2[O-])c(OC)c1. The van der Waals surface area contributed by atoms with Crippen molar-refractivity contribution in [1.82, 2.24) is 18.9 Å². The molecule has 0 bridgehead atoms. The third-order valence-corrected chi connectivity index (χ3v) is 12.3. The molecule has 0 amide bonds. The summed E-state index contributed by atoms with van der Waals surface area (Å²) in [5.41, 5.74) is 3.65. The molecule has 0 unspecified atom stereocenters. The van der Waals surface area contributed by atoms with E-state index in [0.717, 1.165) is 24.0 Å². The first kappa shape index (κ1) is 50.4. The fourth-order valence-corrected chi connectivity index (χ4v) is 8.64. The molecule has 0 N–H and O–H groups in total. The van der Waals surface area contributed by atoms with Gasteiger partial charge >= 0.3 is 11.1 Å². The molecule has 16 nitrogen and oxygen atoms in total. The van der Waals surface area contributed by atoms with E-state index in [1.165, 1.54) is 9.13 Å². The summed E-state index contributed by atoms with van der Waals surface area (Å²) in [6, 6.07) is 22.6. The number of hydrogen-bond acceptors (Lipinski definition) is 12. The molecular weight excluding hydrogens is 861 g/mol. The van der Waals surface area contributed by atoms with E-state index >= 15 is 0 Å². The predicted molar refractivity (Wildman–Crippen MR) is 259 cm³/mol. The van der Waals surface area contributed by atoms with Crippen LogP contribution in [0.5, 0.6) is 23.3 Å². The molecular formula is C52H64N10O6. The van der Waals surface area contributed by atoms with Crippen LogP contribution in [0.4, 0.5) is 22.7 Å². The second-order valence-corrected chi connectivity index (χ2v) is 17.4. The summed E-state index contributed by atoms with van der Waals surface area (Å²) in [5, 5.41) is 46.1. The highest BCUT2D eigenvalue weighted by Crippen LogP contribution is 2.43. The summed E-state index contributed by atoms with van der Waals surface area (Å²) in [6.07, 6.45) is 10.0. The van der Waals surface area contributed by atoms with Crippen LogP contribution in [-0.4, -0.2) is 74.4 Å². The van der Waals surface area contributed by atoms with E-state index in [1.54, 1.807) is 62.0 Å². The zero-order valence-corrected chi connectivity index (χ0v) is 41.0. The molecule has 2 aromatic carbocycles. The van der Waals surface area contributed by atoms with Gasteiger partial charge in [-0.15, -0.1) is 20.5 Å². The molecule has 0 aliphatic carbocycles. The van der Waals surface area contributed by atoms with E-state index in [0.29, 0.717) is 71.3 Å². The van der Waals surface area contributed by atoms with Crippen molar-refractivity contribution in [1.29, 1.82) is 0 Å². The molecule has 0 fully saturated rings. The Hall–Kier alpha value is -7.04. The maximum atomic E-state index is 14.0. The molecule has 0 aliphatic rings. The van der Waals surface area contributed by atoms with E-state index in [2.05, 4.69) is 34.3 Å². The first-order chi connectivity index (χ1) is 32.7. The lowest BCUT2D eigenvalue weighted by Crippen LogP contribution is -2.41. The van der Waals surface area contributed by atoms with Gasteiger partial charge in [0.15, 0.2) is 24.8 Å². The molecule has 4 heterocycles. The quantitative estimate of drug-likeness (QED) is 0.0523. The molecule has 0 saturated carbocycles. The topological polar surface area (TPSA) is 172 Å². The highest BCUT2D eigenvalue weighted by atomic mass is 16.5.